The minimum Gasteiger partial charge on any atom is -0.444 e. The lowest BCUT2D eigenvalue weighted by Gasteiger charge is -2.30. The minimum atomic E-state index is -0.916. The predicted molar refractivity (Wildman–Crippen MR) is 74.1 cm³/mol. The number of rotatable bonds is 3. The Morgan fingerprint density at radius 3 is 2.52 bits per heavy atom. The Labute approximate surface area is 123 Å². The van der Waals surface area contributed by atoms with Crippen molar-refractivity contribution in [3.63, 3.8) is 0 Å². The number of ether oxygens (including phenoxy) is 1. The molecular weight excluding hydrogens is 278 g/mol. The van der Waals surface area contributed by atoms with Crippen molar-refractivity contribution in [2.24, 2.45) is 5.11 Å². The first-order valence-corrected chi connectivity index (χ1v) is 6.56. The third-order valence-electron chi connectivity index (χ3n) is 3.03. The summed E-state index contributed by atoms with van der Waals surface area (Å²) in [4.78, 5) is 33.4. The lowest BCUT2D eigenvalue weighted by atomic mass is 10.1. The number of likely N-dealkylation sites (tertiary alicyclic amines) is 1. The summed E-state index contributed by atoms with van der Waals surface area (Å²) in [5, 5.41) is 4.61. The molecule has 1 heterocycles. The quantitative estimate of drug-likeness (QED) is 0.342. The summed E-state index contributed by atoms with van der Waals surface area (Å²) < 4.78 is 5.28. The smallest absolute Gasteiger partial charge is 0.410 e. The average Bonchev–Trinajstić information content (AvgIpc) is 2.79. The highest BCUT2D eigenvalue weighted by atomic mass is 16.7. The maximum Gasteiger partial charge on any atom is 0.410 e. The molecule has 2 amide bonds. The van der Waals surface area contributed by atoms with Crippen LogP contribution in [-0.2, 0) is 14.4 Å². The summed E-state index contributed by atoms with van der Waals surface area (Å²) in [5.41, 5.74) is 7.93. The van der Waals surface area contributed by atoms with E-state index < -0.39 is 29.7 Å². The Balaban J connectivity index is 2.99. The standard InChI is InChI=1S/C12H21N5O4/c1-12(2,3)21-11(19)17-7-6-8(14-15-13)9(17)10(18)16(4)20-5/h8-9H,6-7H2,1-5H3/t8-,9+/m1/s1. The van der Waals surface area contributed by atoms with Crippen LogP contribution >= 0.6 is 0 Å². The first-order chi connectivity index (χ1) is 9.71. The molecule has 0 aromatic rings. The molecule has 2 atom stereocenters. The molecule has 0 unspecified atom stereocenters. The van der Waals surface area contributed by atoms with E-state index in [4.69, 9.17) is 15.1 Å². The molecule has 0 spiro atoms. The molecule has 1 rings (SSSR count). The van der Waals surface area contributed by atoms with Crippen LogP contribution in [0.25, 0.3) is 10.4 Å². The molecule has 1 aliphatic rings. The fourth-order valence-electron chi connectivity index (χ4n) is 2.06. The first-order valence-electron chi connectivity index (χ1n) is 6.56. The molecule has 1 aliphatic heterocycles. The van der Waals surface area contributed by atoms with Crippen molar-refractivity contribution in [3.05, 3.63) is 10.4 Å². The summed E-state index contributed by atoms with van der Waals surface area (Å²) in [6.45, 7) is 5.50. The van der Waals surface area contributed by atoms with Gasteiger partial charge in [0.15, 0.2) is 0 Å². The van der Waals surface area contributed by atoms with E-state index in [0.29, 0.717) is 6.42 Å². The first kappa shape index (κ1) is 17.1. The van der Waals surface area contributed by atoms with E-state index in [-0.39, 0.29) is 6.54 Å². The second-order valence-corrected chi connectivity index (χ2v) is 5.70. The monoisotopic (exact) mass is 299 g/mol. The van der Waals surface area contributed by atoms with Gasteiger partial charge < -0.3 is 4.74 Å². The van der Waals surface area contributed by atoms with E-state index >= 15 is 0 Å². The van der Waals surface area contributed by atoms with Gasteiger partial charge in [0.2, 0.25) is 0 Å². The zero-order chi connectivity index (χ0) is 16.2. The fourth-order valence-corrected chi connectivity index (χ4v) is 2.06. The lowest BCUT2D eigenvalue weighted by molar-refractivity contribution is -0.173. The van der Waals surface area contributed by atoms with Gasteiger partial charge in [0.1, 0.15) is 11.6 Å². The van der Waals surface area contributed by atoms with Gasteiger partial charge in [0.25, 0.3) is 5.91 Å². The van der Waals surface area contributed by atoms with Crippen molar-refractivity contribution in [3.8, 4) is 0 Å². The highest BCUT2D eigenvalue weighted by molar-refractivity contribution is 5.86. The highest BCUT2D eigenvalue weighted by Gasteiger charge is 2.44. The molecule has 0 saturated carbocycles. The van der Waals surface area contributed by atoms with Crippen LogP contribution in [0.1, 0.15) is 27.2 Å². The van der Waals surface area contributed by atoms with E-state index in [1.54, 1.807) is 20.8 Å². The van der Waals surface area contributed by atoms with Crippen molar-refractivity contribution in [1.29, 1.82) is 0 Å². The normalized spacial score (nSPS) is 21.7. The van der Waals surface area contributed by atoms with E-state index in [1.807, 2.05) is 0 Å². The zero-order valence-corrected chi connectivity index (χ0v) is 12.9. The van der Waals surface area contributed by atoms with E-state index in [2.05, 4.69) is 10.0 Å². The van der Waals surface area contributed by atoms with Crippen LogP contribution < -0.4 is 0 Å². The van der Waals surface area contributed by atoms with Gasteiger partial charge in [0.05, 0.1) is 13.2 Å². The molecule has 0 aromatic carbocycles. The SMILES string of the molecule is CON(C)C(=O)[C@@H]1[C@H](N=[N+]=[N-])CCN1C(=O)OC(C)(C)C. The molecule has 0 N–H and O–H groups in total. The Bertz CT molecular complexity index is 455. The van der Waals surface area contributed by atoms with E-state index in [1.165, 1.54) is 19.1 Å². The molecule has 0 aromatic heterocycles. The molecular formula is C12H21N5O4. The number of azide groups is 1. The van der Waals surface area contributed by atoms with Gasteiger partial charge in [-0.05, 0) is 32.7 Å². The second kappa shape index (κ2) is 6.64. The van der Waals surface area contributed by atoms with Crippen molar-refractivity contribution < 1.29 is 19.2 Å². The number of likely N-dealkylation sites (N-methyl/N-ethyl adjacent to an activating group) is 1. The van der Waals surface area contributed by atoms with Gasteiger partial charge in [0, 0.05) is 18.5 Å². The van der Waals surface area contributed by atoms with Crippen molar-refractivity contribution in [2.45, 2.75) is 44.9 Å². The molecule has 9 nitrogen and oxygen atoms in total. The van der Waals surface area contributed by atoms with Crippen LogP contribution in [0.15, 0.2) is 5.11 Å². The van der Waals surface area contributed by atoms with Crippen LogP contribution in [0.4, 0.5) is 4.79 Å². The number of nitrogens with zero attached hydrogens (tertiary/aromatic N) is 5. The van der Waals surface area contributed by atoms with Crippen molar-refractivity contribution in [2.75, 3.05) is 20.7 Å². The second-order valence-electron chi connectivity index (χ2n) is 5.70. The molecule has 1 fully saturated rings. The molecule has 0 radical (unpaired) electrons. The molecule has 0 bridgehead atoms. The minimum absolute atomic E-state index is 0.284. The van der Waals surface area contributed by atoms with Crippen molar-refractivity contribution in [1.82, 2.24) is 9.96 Å². The zero-order valence-electron chi connectivity index (χ0n) is 12.9. The molecule has 1 saturated heterocycles. The maximum atomic E-state index is 12.3. The third-order valence-corrected chi connectivity index (χ3v) is 3.03. The Kier molecular flexibility index (Phi) is 5.40. The Morgan fingerprint density at radius 1 is 1.43 bits per heavy atom. The highest BCUT2D eigenvalue weighted by Crippen LogP contribution is 2.25. The van der Waals surface area contributed by atoms with E-state index in [9.17, 15) is 9.59 Å². The third kappa shape index (κ3) is 4.24. The van der Waals surface area contributed by atoms with Gasteiger partial charge in [-0.25, -0.2) is 9.86 Å². The Hall–Kier alpha value is -1.99. The van der Waals surface area contributed by atoms with Crippen molar-refractivity contribution >= 4 is 12.0 Å². The van der Waals surface area contributed by atoms with Crippen LogP contribution in [-0.4, -0.2) is 60.4 Å². The summed E-state index contributed by atoms with van der Waals surface area (Å²) >= 11 is 0. The lowest BCUT2D eigenvalue weighted by Crippen LogP contribution is -2.51. The fraction of sp³-hybridized carbons (Fsp3) is 0.833. The number of amides is 2. The maximum absolute atomic E-state index is 12.3. The topological polar surface area (TPSA) is 108 Å². The van der Waals surface area contributed by atoms with Gasteiger partial charge in [-0.1, -0.05) is 5.11 Å². The number of hydroxylamine groups is 2. The molecule has 9 heteroatoms. The van der Waals surface area contributed by atoms with E-state index in [0.717, 1.165) is 5.06 Å². The number of carbonyl (C=O) groups is 2. The summed E-state index contributed by atoms with van der Waals surface area (Å²) in [7, 11) is 2.77. The average molecular weight is 299 g/mol. The number of carbonyl (C=O) groups excluding carboxylic acids is 2. The van der Waals surface area contributed by atoms with Gasteiger partial charge in [-0.15, -0.1) is 0 Å². The van der Waals surface area contributed by atoms with Crippen LogP contribution in [0.2, 0.25) is 0 Å². The molecule has 21 heavy (non-hydrogen) atoms. The summed E-state index contributed by atoms with van der Waals surface area (Å²) in [5.74, 6) is -0.460. The Morgan fingerprint density at radius 2 is 2.05 bits per heavy atom. The largest absolute Gasteiger partial charge is 0.444 e. The summed E-state index contributed by atoms with van der Waals surface area (Å²) in [6, 6.07) is -1.55. The number of hydrogen-bond acceptors (Lipinski definition) is 5. The van der Waals surface area contributed by atoms with Crippen LogP contribution in [0.3, 0.4) is 0 Å². The number of hydrogen-bond donors (Lipinski definition) is 0. The molecule has 118 valence electrons. The van der Waals surface area contributed by atoms with Gasteiger partial charge in [-0.3, -0.25) is 14.5 Å². The molecule has 0 aliphatic carbocycles. The summed E-state index contributed by atoms with van der Waals surface area (Å²) in [6.07, 6.45) is -0.210. The van der Waals surface area contributed by atoms with Gasteiger partial charge in [-0.2, -0.15) is 0 Å². The van der Waals surface area contributed by atoms with Gasteiger partial charge >= 0.3 is 6.09 Å². The predicted octanol–water partition coefficient (Wildman–Crippen LogP) is 1.69. The van der Waals surface area contributed by atoms with Crippen LogP contribution in [0, 0.1) is 0 Å². The van der Waals surface area contributed by atoms with Crippen LogP contribution in [0.5, 0.6) is 0 Å².